The SMILES string of the molecule is C/C(=N\NC(=O)c1ccc(N(C)C)cc1)c1cccs1. The maximum Gasteiger partial charge on any atom is 0.271 e. The third-order valence-electron chi connectivity index (χ3n) is 2.85. The number of carbonyl (C=O) groups is 1. The van der Waals surface area contributed by atoms with Crippen LogP contribution in [0.25, 0.3) is 0 Å². The number of nitrogens with one attached hydrogen (secondary N) is 1. The van der Waals surface area contributed by atoms with Crippen molar-refractivity contribution in [3.63, 3.8) is 0 Å². The van der Waals surface area contributed by atoms with E-state index in [4.69, 9.17) is 0 Å². The van der Waals surface area contributed by atoms with Crippen LogP contribution in [0.15, 0.2) is 46.9 Å². The van der Waals surface area contributed by atoms with E-state index in [1.165, 1.54) is 0 Å². The minimum absolute atomic E-state index is 0.203. The Morgan fingerprint density at radius 1 is 1.20 bits per heavy atom. The zero-order valence-corrected chi connectivity index (χ0v) is 12.6. The molecule has 2 rings (SSSR count). The average molecular weight is 287 g/mol. The molecule has 0 fully saturated rings. The normalized spacial score (nSPS) is 11.2. The summed E-state index contributed by atoms with van der Waals surface area (Å²) in [5.74, 6) is -0.203. The van der Waals surface area contributed by atoms with Gasteiger partial charge in [-0.05, 0) is 42.6 Å². The van der Waals surface area contributed by atoms with E-state index in [1.54, 1.807) is 23.5 Å². The van der Waals surface area contributed by atoms with Gasteiger partial charge in [-0.3, -0.25) is 4.79 Å². The molecule has 104 valence electrons. The summed E-state index contributed by atoms with van der Waals surface area (Å²) in [4.78, 5) is 15.0. The van der Waals surface area contributed by atoms with Crippen molar-refractivity contribution in [2.75, 3.05) is 19.0 Å². The monoisotopic (exact) mass is 287 g/mol. The molecule has 20 heavy (non-hydrogen) atoms. The molecule has 0 atom stereocenters. The van der Waals surface area contributed by atoms with Crippen LogP contribution in [0, 0.1) is 0 Å². The first-order valence-electron chi connectivity index (χ1n) is 6.24. The van der Waals surface area contributed by atoms with E-state index in [2.05, 4.69) is 10.5 Å². The van der Waals surface area contributed by atoms with E-state index in [1.807, 2.05) is 55.6 Å². The molecule has 0 aliphatic carbocycles. The van der Waals surface area contributed by atoms with Gasteiger partial charge in [0.1, 0.15) is 0 Å². The number of amides is 1. The first-order chi connectivity index (χ1) is 9.58. The van der Waals surface area contributed by atoms with E-state index in [9.17, 15) is 4.79 Å². The van der Waals surface area contributed by atoms with Gasteiger partial charge in [0.05, 0.1) is 5.71 Å². The molecular weight excluding hydrogens is 270 g/mol. The number of hydrogen-bond acceptors (Lipinski definition) is 4. The van der Waals surface area contributed by atoms with Crippen molar-refractivity contribution >= 4 is 28.6 Å². The van der Waals surface area contributed by atoms with Crippen molar-refractivity contribution in [1.82, 2.24) is 5.43 Å². The lowest BCUT2D eigenvalue weighted by atomic mass is 10.2. The fourth-order valence-electron chi connectivity index (χ4n) is 1.65. The van der Waals surface area contributed by atoms with Crippen LogP contribution in [-0.4, -0.2) is 25.7 Å². The molecule has 0 aliphatic heterocycles. The Morgan fingerprint density at radius 2 is 1.90 bits per heavy atom. The second-order valence-electron chi connectivity index (χ2n) is 4.56. The van der Waals surface area contributed by atoms with Crippen molar-refractivity contribution in [2.45, 2.75) is 6.92 Å². The number of carbonyl (C=O) groups excluding carboxylic acids is 1. The summed E-state index contributed by atoms with van der Waals surface area (Å²) in [6.07, 6.45) is 0. The van der Waals surface area contributed by atoms with Gasteiger partial charge in [-0.15, -0.1) is 11.3 Å². The smallest absolute Gasteiger partial charge is 0.271 e. The zero-order chi connectivity index (χ0) is 14.5. The van der Waals surface area contributed by atoms with E-state index < -0.39 is 0 Å². The minimum atomic E-state index is -0.203. The fraction of sp³-hybridized carbons (Fsp3) is 0.200. The summed E-state index contributed by atoms with van der Waals surface area (Å²) in [6.45, 7) is 1.88. The van der Waals surface area contributed by atoms with Crippen LogP contribution < -0.4 is 10.3 Å². The van der Waals surface area contributed by atoms with Gasteiger partial charge in [-0.25, -0.2) is 5.43 Å². The maximum absolute atomic E-state index is 12.0. The highest BCUT2D eigenvalue weighted by Gasteiger charge is 2.05. The first kappa shape index (κ1) is 14.3. The Hall–Kier alpha value is -2.14. The van der Waals surface area contributed by atoms with Crippen LogP contribution in [0.3, 0.4) is 0 Å². The summed E-state index contributed by atoms with van der Waals surface area (Å²) < 4.78 is 0. The molecular formula is C15H17N3OS. The molecule has 0 radical (unpaired) electrons. The Labute approximate surface area is 122 Å². The fourth-order valence-corrected chi connectivity index (χ4v) is 2.33. The molecule has 0 unspecified atom stereocenters. The standard InChI is InChI=1S/C15H17N3OS/c1-11(14-5-4-10-20-14)16-17-15(19)12-6-8-13(9-7-12)18(2)3/h4-10H,1-3H3,(H,17,19)/b16-11+. The second-order valence-corrected chi connectivity index (χ2v) is 5.50. The van der Waals surface area contributed by atoms with Crippen LogP contribution in [0.4, 0.5) is 5.69 Å². The van der Waals surface area contributed by atoms with Gasteiger partial charge in [0, 0.05) is 30.2 Å². The topological polar surface area (TPSA) is 44.7 Å². The van der Waals surface area contributed by atoms with Crippen molar-refractivity contribution in [2.24, 2.45) is 5.10 Å². The predicted octanol–water partition coefficient (Wildman–Crippen LogP) is 2.97. The van der Waals surface area contributed by atoms with Crippen molar-refractivity contribution in [3.8, 4) is 0 Å². The number of hydrogen-bond donors (Lipinski definition) is 1. The van der Waals surface area contributed by atoms with Gasteiger partial charge in [0.2, 0.25) is 0 Å². The predicted molar refractivity (Wildman–Crippen MR) is 84.8 cm³/mol. The Morgan fingerprint density at radius 3 is 2.45 bits per heavy atom. The highest BCUT2D eigenvalue weighted by molar-refractivity contribution is 7.12. The number of anilines is 1. The molecule has 0 saturated carbocycles. The van der Waals surface area contributed by atoms with Crippen molar-refractivity contribution in [1.29, 1.82) is 0 Å². The number of thiophene rings is 1. The number of rotatable bonds is 4. The summed E-state index contributed by atoms with van der Waals surface area (Å²) >= 11 is 1.60. The van der Waals surface area contributed by atoms with E-state index in [0.717, 1.165) is 16.3 Å². The summed E-state index contributed by atoms with van der Waals surface area (Å²) in [7, 11) is 3.92. The van der Waals surface area contributed by atoms with E-state index in [-0.39, 0.29) is 5.91 Å². The quantitative estimate of drug-likeness (QED) is 0.694. The maximum atomic E-state index is 12.0. The van der Waals surface area contributed by atoms with Crippen LogP contribution in [0.1, 0.15) is 22.2 Å². The number of nitrogens with zero attached hydrogens (tertiary/aromatic N) is 2. The highest BCUT2D eigenvalue weighted by atomic mass is 32.1. The third kappa shape index (κ3) is 3.45. The molecule has 5 heteroatoms. The van der Waals surface area contributed by atoms with Gasteiger partial charge >= 0.3 is 0 Å². The molecule has 0 spiro atoms. The number of benzene rings is 1. The Kier molecular flexibility index (Phi) is 4.53. The van der Waals surface area contributed by atoms with Crippen molar-refractivity contribution < 1.29 is 4.79 Å². The molecule has 1 aromatic carbocycles. The molecule has 1 heterocycles. The minimum Gasteiger partial charge on any atom is -0.378 e. The molecule has 2 aromatic rings. The van der Waals surface area contributed by atoms with E-state index >= 15 is 0 Å². The van der Waals surface area contributed by atoms with Crippen LogP contribution in [-0.2, 0) is 0 Å². The molecule has 0 bridgehead atoms. The molecule has 4 nitrogen and oxygen atoms in total. The highest BCUT2D eigenvalue weighted by Crippen LogP contribution is 2.12. The van der Waals surface area contributed by atoms with Gasteiger partial charge in [0.25, 0.3) is 5.91 Å². The van der Waals surface area contributed by atoms with Gasteiger partial charge in [0.15, 0.2) is 0 Å². The van der Waals surface area contributed by atoms with Crippen LogP contribution in [0.5, 0.6) is 0 Å². The van der Waals surface area contributed by atoms with Crippen molar-refractivity contribution in [3.05, 3.63) is 52.2 Å². The lowest BCUT2D eigenvalue weighted by Crippen LogP contribution is -2.19. The molecule has 0 aliphatic rings. The van der Waals surface area contributed by atoms with Gasteiger partial charge in [-0.1, -0.05) is 6.07 Å². The van der Waals surface area contributed by atoms with E-state index in [0.29, 0.717) is 5.56 Å². The lowest BCUT2D eigenvalue weighted by Gasteiger charge is -2.12. The summed E-state index contributed by atoms with van der Waals surface area (Å²) in [5, 5.41) is 6.10. The largest absolute Gasteiger partial charge is 0.378 e. The van der Waals surface area contributed by atoms with Gasteiger partial charge < -0.3 is 4.90 Å². The Bertz CT molecular complexity index is 601. The molecule has 0 saturated heterocycles. The molecule has 1 N–H and O–H groups in total. The van der Waals surface area contributed by atoms with Gasteiger partial charge in [-0.2, -0.15) is 5.10 Å². The molecule has 1 amide bonds. The van der Waals surface area contributed by atoms with Crippen LogP contribution in [0.2, 0.25) is 0 Å². The second kappa shape index (κ2) is 6.34. The molecule has 1 aromatic heterocycles. The summed E-state index contributed by atoms with van der Waals surface area (Å²) in [6, 6.07) is 11.3. The lowest BCUT2D eigenvalue weighted by molar-refractivity contribution is 0.0955. The third-order valence-corrected chi connectivity index (χ3v) is 3.83. The summed E-state index contributed by atoms with van der Waals surface area (Å²) in [5.41, 5.74) is 5.03. The zero-order valence-electron chi connectivity index (χ0n) is 11.8. The average Bonchev–Trinajstić information content (AvgIpc) is 2.98. The number of hydrazone groups is 1. The Balaban J connectivity index is 2.03. The van der Waals surface area contributed by atoms with Crippen LogP contribution >= 0.6 is 11.3 Å². The first-order valence-corrected chi connectivity index (χ1v) is 7.12.